The molecule has 1 aromatic heterocycles. The van der Waals surface area contributed by atoms with Gasteiger partial charge in [-0.1, -0.05) is 0 Å². The molecule has 1 heterocycles. The zero-order chi connectivity index (χ0) is 14.4. The number of nitrogens with one attached hydrogen (secondary N) is 1. The van der Waals surface area contributed by atoms with E-state index in [1.807, 2.05) is 4.98 Å². The van der Waals surface area contributed by atoms with Crippen molar-refractivity contribution in [2.24, 2.45) is 0 Å². The number of rotatable bonds is 0. The molecule has 102 valence electrons. The first kappa shape index (κ1) is 13.4. The second-order valence-corrected chi connectivity index (χ2v) is 3.65. The van der Waals surface area contributed by atoms with Crippen molar-refractivity contribution >= 4 is 10.9 Å². The first-order valence-electron chi connectivity index (χ1n) is 4.76. The van der Waals surface area contributed by atoms with Gasteiger partial charge in [-0.2, -0.15) is 26.3 Å². The van der Waals surface area contributed by atoms with Gasteiger partial charge in [-0.05, 0) is 12.1 Å². The van der Waals surface area contributed by atoms with Gasteiger partial charge in [-0.15, -0.1) is 0 Å². The average Bonchev–Trinajstić information content (AvgIpc) is 2.25. The molecule has 0 spiro atoms. The van der Waals surface area contributed by atoms with Crippen LogP contribution in [-0.4, -0.2) is 9.97 Å². The normalized spacial score (nSPS) is 12.9. The zero-order valence-corrected chi connectivity index (χ0v) is 8.86. The molecule has 0 saturated heterocycles. The zero-order valence-electron chi connectivity index (χ0n) is 8.86. The molecule has 0 saturated carbocycles. The number of aromatic nitrogens is 2. The van der Waals surface area contributed by atoms with Gasteiger partial charge >= 0.3 is 12.4 Å². The van der Waals surface area contributed by atoms with Crippen molar-refractivity contribution in [3.63, 3.8) is 0 Å². The SMILES string of the molecule is O=c1[nH]cnc2c(C(F)(F)F)cc(C(F)(F)F)cc12. The molecule has 3 nitrogen and oxygen atoms in total. The molecule has 0 unspecified atom stereocenters. The minimum Gasteiger partial charge on any atom is -0.313 e. The standard InChI is InChI=1S/C10H4F6N2O/c11-9(12,13)4-1-5-7(17-3-18-8(5)19)6(2-4)10(14,15)16/h1-3H,(H,17,18,19). The van der Waals surface area contributed by atoms with E-state index in [1.165, 1.54) is 0 Å². The summed E-state index contributed by atoms with van der Waals surface area (Å²) in [5.41, 5.74) is -5.03. The smallest absolute Gasteiger partial charge is 0.313 e. The Morgan fingerprint density at radius 2 is 1.63 bits per heavy atom. The summed E-state index contributed by atoms with van der Waals surface area (Å²) in [7, 11) is 0. The Morgan fingerprint density at radius 1 is 1.00 bits per heavy atom. The van der Waals surface area contributed by atoms with Crippen LogP contribution in [0.3, 0.4) is 0 Å². The highest BCUT2D eigenvalue weighted by atomic mass is 19.4. The van der Waals surface area contributed by atoms with Crippen LogP contribution in [0.4, 0.5) is 26.3 Å². The van der Waals surface area contributed by atoms with Crippen molar-refractivity contribution in [1.82, 2.24) is 9.97 Å². The number of H-pyrrole nitrogens is 1. The molecule has 0 atom stereocenters. The molecule has 0 fully saturated rings. The lowest BCUT2D eigenvalue weighted by Gasteiger charge is -2.13. The van der Waals surface area contributed by atoms with Crippen molar-refractivity contribution in [1.29, 1.82) is 0 Å². The second kappa shape index (κ2) is 3.97. The summed E-state index contributed by atoms with van der Waals surface area (Å²) in [6.45, 7) is 0. The van der Waals surface area contributed by atoms with E-state index in [1.54, 1.807) is 0 Å². The summed E-state index contributed by atoms with van der Waals surface area (Å²) < 4.78 is 75.6. The maximum absolute atomic E-state index is 12.7. The molecule has 2 rings (SSSR count). The summed E-state index contributed by atoms with van der Waals surface area (Å²) in [6.07, 6.45) is -9.33. The Hall–Kier alpha value is -2.06. The van der Waals surface area contributed by atoms with Crippen molar-refractivity contribution in [2.75, 3.05) is 0 Å². The molecule has 19 heavy (non-hydrogen) atoms. The van der Waals surface area contributed by atoms with E-state index in [2.05, 4.69) is 4.98 Å². The molecule has 0 aliphatic carbocycles. The summed E-state index contributed by atoms with van der Waals surface area (Å²) >= 11 is 0. The molecule has 1 N–H and O–H groups in total. The van der Waals surface area contributed by atoms with Crippen molar-refractivity contribution in [2.45, 2.75) is 12.4 Å². The van der Waals surface area contributed by atoms with Crippen LogP contribution in [0.25, 0.3) is 10.9 Å². The van der Waals surface area contributed by atoms with Crippen LogP contribution < -0.4 is 5.56 Å². The van der Waals surface area contributed by atoms with E-state index in [9.17, 15) is 31.1 Å². The molecule has 2 aromatic rings. The molecule has 1 aromatic carbocycles. The molecular weight excluding hydrogens is 278 g/mol. The predicted octanol–water partition coefficient (Wildman–Crippen LogP) is 2.96. The van der Waals surface area contributed by atoms with Gasteiger partial charge in [0.2, 0.25) is 0 Å². The van der Waals surface area contributed by atoms with Gasteiger partial charge in [-0.3, -0.25) is 4.79 Å². The fourth-order valence-corrected chi connectivity index (χ4v) is 1.56. The Labute approximate surface area is 100 Å². The highest BCUT2D eigenvalue weighted by Crippen LogP contribution is 2.38. The lowest BCUT2D eigenvalue weighted by Crippen LogP contribution is -2.16. The first-order chi connectivity index (χ1) is 8.60. The highest BCUT2D eigenvalue weighted by Gasteiger charge is 2.38. The third kappa shape index (κ3) is 2.40. The Bertz CT molecular complexity index is 685. The number of fused-ring (bicyclic) bond motifs is 1. The van der Waals surface area contributed by atoms with E-state index in [0.717, 1.165) is 0 Å². The van der Waals surface area contributed by atoms with Gasteiger partial charge in [0.15, 0.2) is 0 Å². The molecule has 0 radical (unpaired) electrons. The summed E-state index contributed by atoms with van der Waals surface area (Å²) in [6, 6.07) is 0.283. The monoisotopic (exact) mass is 282 g/mol. The minimum atomic E-state index is -5.04. The molecule has 9 heteroatoms. The van der Waals surface area contributed by atoms with E-state index in [4.69, 9.17) is 0 Å². The van der Waals surface area contributed by atoms with Crippen molar-refractivity contribution in [3.8, 4) is 0 Å². The Morgan fingerprint density at radius 3 is 2.16 bits per heavy atom. The van der Waals surface area contributed by atoms with Crippen LogP contribution in [0.5, 0.6) is 0 Å². The van der Waals surface area contributed by atoms with E-state index in [-0.39, 0.29) is 6.07 Å². The topological polar surface area (TPSA) is 45.8 Å². The predicted molar refractivity (Wildman–Crippen MR) is 52.4 cm³/mol. The molecule has 0 amide bonds. The van der Waals surface area contributed by atoms with Crippen molar-refractivity contribution < 1.29 is 26.3 Å². The molecule has 0 aliphatic heterocycles. The number of nitrogens with zero attached hydrogens (tertiary/aromatic N) is 1. The molecule has 0 bridgehead atoms. The van der Waals surface area contributed by atoms with E-state index < -0.39 is 39.9 Å². The van der Waals surface area contributed by atoms with E-state index >= 15 is 0 Å². The third-order valence-electron chi connectivity index (χ3n) is 2.38. The fraction of sp³-hybridized carbons (Fsp3) is 0.200. The number of alkyl halides is 6. The van der Waals surface area contributed by atoms with Gasteiger partial charge in [0.05, 0.1) is 28.4 Å². The number of hydrogen-bond acceptors (Lipinski definition) is 2. The van der Waals surface area contributed by atoms with Crippen LogP contribution in [0.15, 0.2) is 23.3 Å². The van der Waals surface area contributed by atoms with Gasteiger partial charge in [0.1, 0.15) is 0 Å². The largest absolute Gasteiger partial charge is 0.418 e. The van der Waals surface area contributed by atoms with Crippen molar-refractivity contribution in [3.05, 3.63) is 39.9 Å². The fourth-order valence-electron chi connectivity index (χ4n) is 1.56. The van der Waals surface area contributed by atoms with Gasteiger partial charge in [-0.25, -0.2) is 4.98 Å². The number of aromatic amines is 1. The minimum absolute atomic E-state index is 0.0607. The average molecular weight is 282 g/mol. The Balaban J connectivity index is 2.93. The maximum Gasteiger partial charge on any atom is 0.418 e. The van der Waals surface area contributed by atoms with Gasteiger partial charge < -0.3 is 4.98 Å². The third-order valence-corrected chi connectivity index (χ3v) is 2.38. The summed E-state index contributed by atoms with van der Waals surface area (Å²) in [4.78, 5) is 16.5. The van der Waals surface area contributed by atoms with Crippen LogP contribution in [-0.2, 0) is 12.4 Å². The number of hydrogen-bond donors (Lipinski definition) is 1. The van der Waals surface area contributed by atoms with E-state index in [0.29, 0.717) is 12.4 Å². The lowest BCUT2D eigenvalue weighted by atomic mass is 10.1. The number of halogens is 6. The highest BCUT2D eigenvalue weighted by molar-refractivity contribution is 5.82. The second-order valence-electron chi connectivity index (χ2n) is 3.65. The maximum atomic E-state index is 12.7. The first-order valence-corrected chi connectivity index (χ1v) is 4.76. The van der Waals surface area contributed by atoms with Crippen LogP contribution >= 0.6 is 0 Å². The Kier molecular flexibility index (Phi) is 2.79. The molecular formula is C10H4F6N2O. The van der Waals surface area contributed by atoms with Gasteiger partial charge in [0.25, 0.3) is 5.56 Å². The lowest BCUT2D eigenvalue weighted by molar-refractivity contribution is -0.142. The summed E-state index contributed by atoms with van der Waals surface area (Å²) in [5.74, 6) is 0. The van der Waals surface area contributed by atoms with Crippen LogP contribution in [0, 0.1) is 0 Å². The van der Waals surface area contributed by atoms with Crippen LogP contribution in [0.2, 0.25) is 0 Å². The van der Waals surface area contributed by atoms with Crippen LogP contribution in [0.1, 0.15) is 11.1 Å². The quantitative estimate of drug-likeness (QED) is 0.755. The van der Waals surface area contributed by atoms with Gasteiger partial charge in [0, 0.05) is 0 Å². The molecule has 0 aliphatic rings. The summed E-state index contributed by atoms with van der Waals surface area (Å²) in [5, 5.41) is -0.760. The number of benzene rings is 1.